The maximum Gasteiger partial charge on any atom is 0.0845 e. The summed E-state index contributed by atoms with van der Waals surface area (Å²) in [5, 5.41) is 3.46. The van der Waals surface area contributed by atoms with Gasteiger partial charge < -0.3 is 10.1 Å². The van der Waals surface area contributed by atoms with Crippen LogP contribution in [0.5, 0.6) is 0 Å². The van der Waals surface area contributed by atoms with Gasteiger partial charge in [-0.3, -0.25) is 0 Å². The van der Waals surface area contributed by atoms with Gasteiger partial charge in [-0.1, -0.05) is 48.5 Å². The van der Waals surface area contributed by atoms with Crippen LogP contribution in [0.25, 0.3) is 0 Å². The van der Waals surface area contributed by atoms with Gasteiger partial charge >= 0.3 is 0 Å². The van der Waals surface area contributed by atoms with E-state index in [1.54, 1.807) is 0 Å². The van der Waals surface area contributed by atoms with Gasteiger partial charge in [0, 0.05) is 6.04 Å². The van der Waals surface area contributed by atoms with Crippen molar-refractivity contribution in [1.29, 1.82) is 0 Å². The average Bonchev–Trinajstić information content (AvgIpc) is 2.53. The molecule has 21 heavy (non-hydrogen) atoms. The molecule has 1 N–H and O–H groups in total. The van der Waals surface area contributed by atoms with Crippen molar-refractivity contribution in [2.24, 2.45) is 0 Å². The molecular formula is C19H23NO. The predicted octanol–water partition coefficient (Wildman–Crippen LogP) is 3.96. The van der Waals surface area contributed by atoms with Crippen LogP contribution in [0.15, 0.2) is 48.5 Å². The molecule has 2 atom stereocenters. The summed E-state index contributed by atoms with van der Waals surface area (Å²) in [5.41, 5.74) is 5.50. The maximum atomic E-state index is 6.06. The topological polar surface area (TPSA) is 21.3 Å². The van der Waals surface area contributed by atoms with Crippen molar-refractivity contribution in [3.8, 4) is 0 Å². The Morgan fingerprint density at radius 1 is 1.14 bits per heavy atom. The van der Waals surface area contributed by atoms with Gasteiger partial charge in [-0.15, -0.1) is 0 Å². The Kier molecular flexibility index (Phi) is 4.37. The highest BCUT2D eigenvalue weighted by Crippen LogP contribution is 2.34. The number of fused-ring (bicyclic) bond motifs is 1. The molecular weight excluding hydrogens is 258 g/mol. The lowest BCUT2D eigenvalue weighted by atomic mass is 9.90. The SMILES string of the molecule is CNC(CC1OCCc2ccccc21)c1ccccc1C. The van der Waals surface area contributed by atoms with Crippen LogP contribution < -0.4 is 5.32 Å². The highest BCUT2D eigenvalue weighted by Gasteiger charge is 2.24. The first kappa shape index (κ1) is 14.3. The van der Waals surface area contributed by atoms with E-state index in [4.69, 9.17) is 4.74 Å². The molecule has 2 heteroatoms. The molecule has 110 valence electrons. The van der Waals surface area contributed by atoms with Crippen LogP contribution in [0.1, 0.15) is 40.8 Å². The molecule has 0 radical (unpaired) electrons. The molecule has 1 aliphatic rings. The van der Waals surface area contributed by atoms with Gasteiger partial charge in [-0.2, -0.15) is 0 Å². The van der Waals surface area contributed by atoms with Crippen molar-refractivity contribution in [3.63, 3.8) is 0 Å². The van der Waals surface area contributed by atoms with Crippen LogP contribution in [-0.4, -0.2) is 13.7 Å². The predicted molar refractivity (Wildman–Crippen MR) is 86.4 cm³/mol. The Balaban J connectivity index is 1.84. The van der Waals surface area contributed by atoms with Crippen molar-refractivity contribution in [1.82, 2.24) is 5.32 Å². The molecule has 2 nitrogen and oxygen atoms in total. The smallest absolute Gasteiger partial charge is 0.0845 e. The minimum absolute atomic E-state index is 0.187. The first-order valence-electron chi connectivity index (χ1n) is 7.72. The van der Waals surface area contributed by atoms with E-state index in [-0.39, 0.29) is 6.10 Å². The fourth-order valence-electron chi connectivity index (χ4n) is 3.26. The number of nitrogens with one attached hydrogen (secondary N) is 1. The quantitative estimate of drug-likeness (QED) is 0.916. The molecule has 0 bridgehead atoms. The van der Waals surface area contributed by atoms with Crippen molar-refractivity contribution >= 4 is 0 Å². The van der Waals surface area contributed by atoms with Gasteiger partial charge in [-0.05, 0) is 49.1 Å². The first-order valence-corrected chi connectivity index (χ1v) is 7.72. The standard InChI is InChI=1S/C19H23NO/c1-14-7-3-5-9-16(14)18(20-2)13-19-17-10-6-4-8-15(17)11-12-21-19/h3-10,18-20H,11-13H2,1-2H3. The number of hydrogen-bond acceptors (Lipinski definition) is 2. The Hall–Kier alpha value is -1.64. The zero-order valence-electron chi connectivity index (χ0n) is 12.8. The largest absolute Gasteiger partial charge is 0.373 e. The second kappa shape index (κ2) is 6.42. The summed E-state index contributed by atoms with van der Waals surface area (Å²) in [6.45, 7) is 3.00. The summed E-state index contributed by atoms with van der Waals surface area (Å²) in [6.07, 6.45) is 2.19. The Labute approximate surface area is 127 Å². The Bertz CT molecular complexity index is 608. The molecule has 0 spiro atoms. The van der Waals surface area contributed by atoms with Crippen LogP contribution >= 0.6 is 0 Å². The molecule has 0 saturated carbocycles. The second-order valence-electron chi connectivity index (χ2n) is 5.74. The summed E-state index contributed by atoms with van der Waals surface area (Å²) < 4.78 is 6.06. The number of hydrogen-bond donors (Lipinski definition) is 1. The first-order chi connectivity index (χ1) is 10.3. The summed E-state index contributed by atoms with van der Waals surface area (Å²) in [5.74, 6) is 0. The molecule has 0 aromatic heterocycles. The van der Waals surface area contributed by atoms with Gasteiger partial charge in [0.25, 0.3) is 0 Å². The molecule has 2 aromatic rings. The van der Waals surface area contributed by atoms with Gasteiger partial charge in [0.15, 0.2) is 0 Å². The zero-order valence-corrected chi connectivity index (χ0v) is 12.8. The average molecular weight is 281 g/mol. The third-order valence-electron chi connectivity index (χ3n) is 4.45. The minimum Gasteiger partial charge on any atom is -0.373 e. The van der Waals surface area contributed by atoms with E-state index in [1.807, 2.05) is 7.05 Å². The summed E-state index contributed by atoms with van der Waals surface area (Å²) in [4.78, 5) is 0. The molecule has 1 aliphatic heterocycles. The molecule has 0 saturated heterocycles. The molecule has 2 unspecified atom stereocenters. The highest BCUT2D eigenvalue weighted by atomic mass is 16.5. The van der Waals surface area contributed by atoms with Gasteiger partial charge in [0.1, 0.15) is 0 Å². The molecule has 0 aliphatic carbocycles. The van der Waals surface area contributed by atoms with E-state index < -0.39 is 0 Å². The van der Waals surface area contributed by atoms with Crippen LogP contribution in [0.3, 0.4) is 0 Å². The summed E-state index contributed by atoms with van der Waals surface area (Å²) in [6, 6.07) is 17.6. The van der Waals surface area contributed by atoms with Crippen LogP contribution in [0.2, 0.25) is 0 Å². The monoisotopic (exact) mass is 281 g/mol. The highest BCUT2D eigenvalue weighted by molar-refractivity contribution is 5.33. The molecule has 2 aromatic carbocycles. The van der Waals surface area contributed by atoms with Crippen LogP contribution in [-0.2, 0) is 11.2 Å². The lowest BCUT2D eigenvalue weighted by molar-refractivity contribution is 0.0298. The van der Waals surface area contributed by atoms with Crippen molar-refractivity contribution in [2.75, 3.05) is 13.7 Å². The fraction of sp³-hybridized carbons (Fsp3) is 0.368. The normalized spacial score (nSPS) is 19.0. The maximum absolute atomic E-state index is 6.06. The number of benzene rings is 2. The lowest BCUT2D eigenvalue weighted by Crippen LogP contribution is -2.24. The van der Waals surface area contributed by atoms with Gasteiger partial charge in [0.05, 0.1) is 12.7 Å². The van der Waals surface area contributed by atoms with E-state index in [2.05, 4.69) is 60.8 Å². The lowest BCUT2D eigenvalue weighted by Gasteiger charge is -2.30. The molecule has 1 heterocycles. The number of rotatable bonds is 4. The van der Waals surface area contributed by atoms with Crippen molar-refractivity contribution < 1.29 is 4.74 Å². The molecule has 3 rings (SSSR count). The van der Waals surface area contributed by atoms with E-state index >= 15 is 0 Å². The number of aryl methyl sites for hydroxylation is 1. The molecule has 0 amide bonds. The van der Waals surface area contributed by atoms with Gasteiger partial charge in [-0.25, -0.2) is 0 Å². The zero-order chi connectivity index (χ0) is 14.7. The summed E-state index contributed by atoms with van der Waals surface area (Å²) >= 11 is 0. The Morgan fingerprint density at radius 3 is 2.71 bits per heavy atom. The fourth-order valence-corrected chi connectivity index (χ4v) is 3.26. The third kappa shape index (κ3) is 3.02. The van der Waals surface area contributed by atoms with Crippen LogP contribution in [0, 0.1) is 6.92 Å². The van der Waals surface area contributed by atoms with Crippen LogP contribution in [0.4, 0.5) is 0 Å². The summed E-state index contributed by atoms with van der Waals surface area (Å²) in [7, 11) is 2.03. The van der Waals surface area contributed by atoms with Crippen molar-refractivity contribution in [3.05, 3.63) is 70.8 Å². The minimum atomic E-state index is 0.187. The number of ether oxygens (including phenoxy) is 1. The van der Waals surface area contributed by atoms with E-state index in [0.717, 1.165) is 19.4 Å². The van der Waals surface area contributed by atoms with Crippen molar-refractivity contribution in [2.45, 2.75) is 31.9 Å². The van der Waals surface area contributed by atoms with E-state index in [1.165, 1.54) is 22.3 Å². The van der Waals surface area contributed by atoms with E-state index in [9.17, 15) is 0 Å². The molecule has 0 fully saturated rings. The second-order valence-corrected chi connectivity index (χ2v) is 5.74. The Morgan fingerprint density at radius 2 is 1.90 bits per heavy atom. The third-order valence-corrected chi connectivity index (χ3v) is 4.45. The van der Waals surface area contributed by atoms with E-state index in [0.29, 0.717) is 6.04 Å². The van der Waals surface area contributed by atoms with Gasteiger partial charge in [0.2, 0.25) is 0 Å².